The van der Waals surface area contributed by atoms with E-state index in [0.717, 1.165) is 17.5 Å². The number of benzene rings is 3. The molecule has 0 saturated carbocycles. The molecular weight excluding hydrogens is 504 g/mol. The molecule has 3 aromatic carbocycles. The fourth-order valence-electron chi connectivity index (χ4n) is 5.47. The molecule has 9 heteroatoms. The molecule has 1 amide bonds. The second-order valence-corrected chi connectivity index (χ2v) is 11.5. The normalized spacial score (nSPS) is 19.6. The van der Waals surface area contributed by atoms with Crippen LogP contribution in [0.15, 0.2) is 71.6 Å². The SMILES string of the molecule is COc1ccc(S(=O)(=O)N2CC(C(=O)N3CCc4ccccc4C3)C(c3cc(OC)ccc3OC)C2)cc1. The van der Waals surface area contributed by atoms with Crippen molar-refractivity contribution in [3.8, 4) is 17.2 Å². The summed E-state index contributed by atoms with van der Waals surface area (Å²) in [5.74, 6) is 0.758. The minimum absolute atomic E-state index is 0.0539. The molecule has 0 spiro atoms. The number of amides is 1. The van der Waals surface area contributed by atoms with Crippen LogP contribution in [0.4, 0.5) is 0 Å². The first-order valence-corrected chi connectivity index (χ1v) is 14.0. The summed E-state index contributed by atoms with van der Waals surface area (Å²) >= 11 is 0. The second kappa shape index (κ2) is 10.7. The number of rotatable bonds is 7. The average Bonchev–Trinajstić information content (AvgIpc) is 3.42. The van der Waals surface area contributed by atoms with Crippen LogP contribution >= 0.6 is 0 Å². The predicted octanol–water partition coefficient (Wildman–Crippen LogP) is 3.70. The average molecular weight is 537 g/mol. The second-order valence-electron chi connectivity index (χ2n) is 9.60. The van der Waals surface area contributed by atoms with Gasteiger partial charge in [-0.15, -0.1) is 0 Å². The van der Waals surface area contributed by atoms with Crippen LogP contribution in [0.2, 0.25) is 0 Å². The summed E-state index contributed by atoms with van der Waals surface area (Å²) in [5.41, 5.74) is 3.14. The Hall–Kier alpha value is -3.56. The standard InChI is InChI=1S/C29H32N2O6S/c1-35-22-8-11-24(12-9-22)38(33,34)31-18-26(25-16-23(36-2)10-13-28(25)37-3)27(19-31)29(32)30-15-14-20-6-4-5-7-21(20)17-30/h4-13,16,26-27H,14-15,17-19H2,1-3H3. The minimum atomic E-state index is -3.85. The highest BCUT2D eigenvalue weighted by atomic mass is 32.2. The fourth-order valence-corrected chi connectivity index (χ4v) is 6.97. The van der Waals surface area contributed by atoms with Crippen LogP contribution in [0.3, 0.4) is 0 Å². The predicted molar refractivity (Wildman–Crippen MR) is 143 cm³/mol. The Balaban J connectivity index is 1.51. The number of hydrogen-bond donors (Lipinski definition) is 0. The van der Waals surface area contributed by atoms with Crippen LogP contribution in [-0.4, -0.2) is 64.5 Å². The number of nitrogens with zero attached hydrogens (tertiary/aromatic N) is 2. The molecule has 200 valence electrons. The van der Waals surface area contributed by atoms with Gasteiger partial charge in [0, 0.05) is 37.7 Å². The van der Waals surface area contributed by atoms with E-state index in [-0.39, 0.29) is 23.9 Å². The molecule has 2 aliphatic rings. The molecule has 5 rings (SSSR count). The molecule has 1 saturated heterocycles. The van der Waals surface area contributed by atoms with Gasteiger partial charge >= 0.3 is 0 Å². The molecule has 2 heterocycles. The first-order valence-electron chi connectivity index (χ1n) is 12.6. The van der Waals surface area contributed by atoms with Gasteiger partial charge in [-0.3, -0.25) is 4.79 Å². The molecule has 3 aromatic rings. The highest BCUT2D eigenvalue weighted by Crippen LogP contribution is 2.42. The van der Waals surface area contributed by atoms with Gasteiger partial charge in [0.15, 0.2) is 0 Å². The Morgan fingerprint density at radius 1 is 0.842 bits per heavy atom. The van der Waals surface area contributed by atoms with Crippen LogP contribution in [-0.2, 0) is 27.8 Å². The summed E-state index contributed by atoms with van der Waals surface area (Å²) in [5, 5.41) is 0. The van der Waals surface area contributed by atoms with E-state index in [9.17, 15) is 13.2 Å². The van der Waals surface area contributed by atoms with Gasteiger partial charge < -0.3 is 19.1 Å². The summed E-state index contributed by atoms with van der Waals surface area (Å²) in [6.45, 7) is 1.34. The lowest BCUT2D eigenvalue weighted by Gasteiger charge is -2.32. The number of methoxy groups -OCH3 is 3. The largest absolute Gasteiger partial charge is 0.497 e. The monoisotopic (exact) mass is 536 g/mol. The lowest BCUT2D eigenvalue weighted by atomic mass is 9.86. The maximum atomic E-state index is 14.1. The van der Waals surface area contributed by atoms with Crippen molar-refractivity contribution in [3.63, 3.8) is 0 Å². The van der Waals surface area contributed by atoms with Crippen LogP contribution in [0, 0.1) is 5.92 Å². The van der Waals surface area contributed by atoms with Crippen molar-refractivity contribution in [3.05, 3.63) is 83.4 Å². The van der Waals surface area contributed by atoms with Gasteiger partial charge in [-0.25, -0.2) is 8.42 Å². The van der Waals surface area contributed by atoms with E-state index in [1.54, 1.807) is 38.5 Å². The molecule has 1 fully saturated rings. The van der Waals surface area contributed by atoms with Crippen molar-refractivity contribution in [2.75, 3.05) is 41.0 Å². The van der Waals surface area contributed by atoms with Gasteiger partial charge in [-0.2, -0.15) is 4.31 Å². The van der Waals surface area contributed by atoms with Crippen LogP contribution in [0.5, 0.6) is 17.2 Å². The number of hydrogen-bond acceptors (Lipinski definition) is 6. The molecule has 0 aliphatic carbocycles. The van der Waals surface area contributed by atoms with E-state index in [1.165, 1.54) is 29.1 Å². The fraction of sp³-hybridized carbons (Fsp3) is 0.345. The third-order valence-electron chi connectivity index (χ3n) is 7.58. The van der Waals surface area contributed by atoms with E-state index in [2.05, 4.69) is 6.07 Å². The topological polar surface area (TPSA) is 85.4 Å². The number of sulfonamides is 1. The summed E-state index contributed by atoms with van der Waals surface area (Å²) in [6, 6.07) is 19.9. The molecular formula is C29H32N2O6S. The van der Waals surface area contributed by atoms with Crippen molar-refractivity contribution in [1.82, 2.24) is 9.21 Å². The van der Waals surface area contributed by atoms with Crippen LogP contribution in [0.25, 0.3) is 0 Å². The first-order chi connectivity index (χ1) is 18.3. The lowest BCUT2D eigenvalue weighted by molar-refractivity contribution is -0.136. The zero-order valence-corrected chi connectivity index (χ0v) is 22.6. The third-order valence-corrected chi connectivity index (χ3v) is 9.43. The first kappa shape index (κ1) is 26.1. The summed E-state index contributed by atoms with van der Waals surface area (Å²) in [4.78, 5) is 16.1. The Labute approximate surface area is 223 Å². The van der Waals surface area contributed by atoms with Gasteiger partial charge in [0.25, 0.3) is 0 Å². The quantitative estimate of drug-likeness (QED) is 0.458. The maximum absolute atomic E-state index is 14.1. The molecule has 0 aromatic heterocycles. The van der Waals surface area contributed by atoms with Crippen molar-refractivity contribution < 1.29 is 27.4 Å². The summed E-state index contributed by atoms with van der Waals surface area (Å²) in [7, 11) is 0.834. The van der Waals surface area contributed by atoms with E-state index in [4.69, 9.17) is 14.2 Å². The lowest BCUT2D eigenvalue weighted by Crippen LogP contribution is -2.42. The molecule has 0 N–H and O–H groups in total. The Morgan fingerprint density at radius 2 is 1.53 bits per heavy atom. The third kappa shape index (κ3) is 4.83. The highest BCUT2D eigenvalue weighted by Gasteiger charge is 2.46. The number of carbonyl (C=O) groups is 1. The van der Waals surface area contributed by atoms with Crippen molar-refractivity contribution in [2.24, 2.45) is 5.92 Å². The van der Waals surface area contributed by atoms with Gasteiger partial charge in [0.1, 0.15) is 17.2 Å². The summed E-state index contributed by atoms with van der Waals surface area (Å²) < 4.78 is 45.1. The Kier molecular flexibility index (Phi) is 7.32. The van der Waals surface area contributed by atoms with Gasteiger partial charge in [-0.05, 0) is 60.0 Å². The van der Waals surface area contributed by atoms with E-state index < -0.39 is 21.9 Å². The zero-order chi connectivity index (χ0) is 26.9. The maximum Gasteiger partial charge on any atom is 0.243 e. The van der Waals surface area contributed by atoms with Gasteiger partial charge in [-0.1, -0.05) is 24.3 Å². The molecule has 0 bridgehead atoms. The van der Waals surface area contributed by atoms with Crippen LogP contribution in [0.1, 0.15) is 22.6 Å². The number of fused-ring (bicyclic) bond motifs is 1. The molecule has 2 unspecified atom stereocenters. The van der Waals surface area contributed by atoms with Crippen LogP contribution < -0.4 is 14.2 Å². The minimum Gasteiger partial charge on any atom is -0.497 e. The smallest absolute Gasteiger partial charge is 0.243 e. The van der Waals surface area contributed by atoms with E-state index >= 15 is 0 Å². The molecule has 2 aliphatic heterocycles. The van der Waals surface area contributed by atoms with E-state index in [0.29, 0.717) is 30.3 Å². The summed E-state index contributed by atoms with van der Waals surface area (Å²) in [6.07, 6.45) is 0.773. The van der Waals surface area contributed by atoms with Crippen molar-refractivity contribution in [1.29, 1.82) is 0 Å². The number of ether oxygens (including phenoxy) is 3. The van der Waals surface area contributed by atoms with Gasteiger partial charge in [0.2, 0.25) is 15.9 Å². The van der Waals surface area contributed by atoms with Crippen molar-refractivity contribution >= 4 is 15.9 Å². The number of carbonyl (C=O) groups excluding carboxylic acids is 1. The molecule has 0 radical (unpaired) electrons. The Bertz CT molecular complexity index is 1420. The molecule has 2 atom stereocenters. The highest BCUT2D eigenvalue weighted by molar-refractivity contribution is 7.89. The molecule has 8 nitrogen and oxygen atoms in total. The van der Waals surface area contributed by atoms with Gasteiger partial charge in [0.05, 0.1) is 32.1 Å². The van der Waals surface area contributed by atoms with Crippen molar-refractivity contribution in [2.45, 2.75) is 23.8 Å². The Morgan fingerprint density at radius 3 is 2.21 bits per heavy atom. The molecule has 38 heavy (non-hydrogen) atoms. The van der Waals surface area contributed by atoms with E-state index in [1.807, 2.05) is 29.2 Å². The zero-order valence-electron chi connectivity index (χ0n) is 21.8.